The van der Waals surface area contributed by atoms with Gasteiger partial charge in [-0.2, -0.15) is 0 Å². The van der Waals surface area contributed by atoms with Crippen LogP contribution in [0.25, 0.3) is 5.69 Å². The van der Waals surface area contributed by atoms with Crippen LogP contribution in [-0.2, 0) is 26.1 Å². The predicted molar refractivity (Wildman–Crippen MR) is 173 cm³/mol. The number of rotatable bonds is 9. The molecule has 2 N–H and O–H groups in total. The Hall–Kier alpha value is -4.35. The molecule has 0 saturated carbocycles. The van der Waals surface area contributed by atoms with Crippen LogP contribution in [0.15, 0.2) is 77.3 Å². The van der Waals surface area contributed by atoms with Gasteiger partial charge >= 0.3 is 0 Å². The number of piperidine rings is 1. The molecular formula is C35H43N5O6. The molecule has 11 heteroatoms. The number of allylic oxidation sites excluding steroid dienone is 1. The number of aliphatic hydroxyl groups excluding tert-OH is 1. The fourth-order valence-electron chi connectivity index (χ4n) is 7.33. The number of nitrogens with zero attached hydrogens (tertiary/aromatic N) is 4. The predicted octanol–water partition coefficient (Wildman–Crippen LogP) is 3.19. The molecule has 244 valence electrons. The van der Waals surface area contributed by atoms with E-state index >= 15 is 0 Å². The van der Waals surface area contributed by atoms with E-state index in [1.165, 1.54) is 0 Å². The number of aliphatic hydroxyl groups is 1. The normalized spacial score (nSPS) is 22.5. The third kappa shape index (κ3) is 5.51. The molecule has 0 unspecified atom stereocenters. The minimum absolute atomic E-state index is 0.0112. The van der Waals surface area contributed by atoms with Crippen molar-refractivity contribution in [3.63, 3.8) is 0 Å². The summed E-state index contributed by atoms with van der Waals surface area (Å²) >= 11 is 0. The van der Waals surface area contributed by atoms with Crippen molar-refractivity contribution < 1.29 is 24.2 Å². The monoisotopic (exact) mass is 629 g/mol. The van der Waals surface area contributed by atoms with Crippen LogP contribution in [-0.4, -0.2) is 76.0 Å². The van der Waals surface area contributed by atoms with Gasteiger partial charge in [0.1, 0.15) is 5.54 Å². The van der Waals surface area contributed by atoms with E-state index in [0.29, 0.717) is 57.6 Å². The summed E-state index contributed by atoms with van der Waals surface area (Å²) in [5, 5.41) is 12.7. The molecule has 3 atom stereocenters. The summed E-state index contributed by atoms with van der Waals surface area (Å²) in [6.45, 7) is 5.30. The molecule has 0 aliphatic carbocycles. The molecular weight excluding hydrogens is 586 g/mol. The topological polar surface area (TPSA) is 118 Å². The van der Waals surface area contributed by atoms with E-state index in [0.717, 1.165) is 17.1 Å². The van der Waals surface area contributed by atoms with E-state index in [4.69, 9.17) is 9.47 Å². The second-order valence-electron chi connectivity index (χ2n) is 12.3. The SMILES string of the molecule is CCO[C@H]1OC(C(=O)N2CCC3(CC2)C(=O)NCN3c2ccccc2)=C[C@@H](c2c(C)n(C)n(-c3ccccc3)c2=O)[C@@H]1CCCO. The highest BCUT2D eigenvalue weighted by Gasteiger charge is 2.51. The van der Waals surface area contributed by atoms with Crippen LogP contribution < -0.4 is 15.8 Å². The maximum Gasteiger partial charge on any atom is 0.288 e. The highest BCUT2D eigenvalue weighted by atomic mass is 16.7. The Bertz CT molecular complexity index is 1640. The molecule has 4 heterocycles. The number of hydrogen-bond donors (Lipinski definition) is 2. The molecule has 1 aromatic heterocycles. The van der Waals surface area contributed by atoms with Crippen molar-refractivity contribution in [3.05, 3.63) is 94.1 Å². The zero-order valence-corrected chi connectivity index (χ0v) is 26.7. The van der Waals surface area contributed by atoms with Crippen molar-refractivity contribution in [2.75, 3.05) is 37.9 Å². The first-order chi connectivity index (χ1) is 22.3. The summed E-state index contributed by atoms with van der Waals surface area (Å²) < 4.78 is 15.9. The zero-order valence-electron chi connectivity index (χ0n) is 26.7. The summed E-state index contributed by atoms with van der Waals surface area (Å²) in [4.78, 5) is 45.3. The Labute approximate surface area is 269 Å². The Balaban J connectivity index is 1.32. The second-order valence-corrected chi connectivity index (χ2v) is 12.3. The molecule has 46 heavy (non-hydrogen) atoms. The van der Waals surface area contributed by atoms with Gasteiger partial charge in [-0.25, -0.2) is 4.68 Å². The van der Waals surface area contributed by atoms with Crippen LogP contribution in [0.2, 0.25) is 0 Å². The van der Waals surface area contributed by atoms with Gasteiger partial charge < -0.3 is 29.7 Å². The van der Waals surface area contributed by atoms with Crippen molar-refractivity contribution >= 4 is 17.5 Å². The molecule has 3 aromatic rings. The lowest BCUT2D eigenvalue weighted by Gasteiger charge is -2.44. The number of carbonyl (C=O) groups is 2. The van der Waals surface area contributed by atoms with E-state index in [9.17, 15) is 19.5 Å². The van der Waals surface area contributed by atoms with Gasteiger partial charge in [0.15, 0.2) is 5.76 Å². The lowest BCUT2D eigenvalue weighted by atomic mass is 9.80. The van der Waals surface area contributed by atoms with Crippen molar-refractivity contribution in [2.24, 2.45) is 13.0 Å². The standard InChI is InChI=1S/C35H43N5O6/c1-4-45-33-27(16-11-21-41)28(30-24(2)37(3)40(32(30)43)26-14-9-6-10-15-26)22-29(46-33)31(42)38-19-17-35(18-20-38)34(44)36-23-39(35)25-12-7-5-8-13-25/h5-10,12-15,22,27-28,33,41H,4,11,16-21,23H2,1-3H3,(H,36,44)/t27-,28+,33-/m0/s1. The van der Waals surface area contributed by atoms with Gasteiger partial charge in [-0.15, -0.1) is 0 Å². The summed E-state index contributed by atoms with van der Waals surface area (Å²) in [6, 6.07) is 19.3. The molecule has 0 radical (unpaired) electrons. The number of hydrogen-bond acceptors (Lipinski definition) is 7. The largest absolute Gasteiger partial charge is 0.459 e. The van der Waals surface area contributed by atoms with Crippen LogP contribution in [0.1, 0.15) is 49.8 Å². The molecule has 11 nitrogen and oxygen atoms in total. The summed E-state index contributed by atoms with van der Waals surface area (Å²) in [5.41, 5.74) is 2.17. The molecule has 0 bridgehead atoms. The van der Waals surface area contributed by atoms with Crippen molar-refractivity contribution in [2.45, 2.75) is 57.3 Å². The molecule has 2 fully saturated rings. The van der Waals surface area contributed by atoms with Crippen molar-refractivity contribution in [1.29, 1.82) is 0 Å². The molecule has 1 spiro atoms. The first-order valence-corrected chi connectivity index (χ1v) is 16.2. The van der Waals surface area contributed by atoms with Gasteiger partial charge in [0.2, 0.25) is 12.2 Å². The van der Waals surface area contributed by atoms with Crippen LogP contribution in [0, 0.1) is 12.8 Å². The number of ether oxygens (including phenoxy) is 2. The lowest BCUT2D eigenvalue weighted by Crippen LogP contribution is -2.57. The Morgan fingerprint density at radius 1 is 1.04 bits per heavy atom. The van der Waals surface area contributed by atoms with Gasteiger partial charge in [0.25, 0.3) is 11.5 Å². The quantitative estimate of drug-likeness (QED) is 0.373. The zero-order chi connectivity index (χ0) is 32.4. The van der Waals surface area contributed by atoms with Crippen LogP contribution >= 0.6 is 0 Å². The van der Waals surface area contributed by atoms with Gasteiger partial charge in [-0.1, -0.05) is 36.4 Å². The summed E-state index contributed by atoms with van der Waals surface area (Å²) in [7, 11) is 1.85. The number of anilines is 1. The van der Waals surface area contributed by atoms with Gasteiger partial charge in [0.05, 0.1) is 12.4 Å². The van der Waals surface area contributed by atoms with Gasteiger partial charge in [-0.3, -0.25) is 19.1 Å². The van der Waals surface area contributed by atoms with E-state index in [1.54, 1.807) is 15.7 Å². The van der Waals surface area contributed by atoms with E-state index in [-0.39, 0.29) is 35.7 Å². The number of amides is 2. The third-order valence-corrected chi connectivity index (χ3v) is 9.84. The van der Waals surface area contributed by atoms with Crippen molar-refractivity contribution in [1.82, 2.24) is 19.6 Å². The number of para-hydroxylation sites is 2. The molecule has 3 aliphatic rings. The highest BCUT2D eigenvalue weighted by molar-refractivity contribution is 5.95. The second kappa shape index (κ2) is 13.2. The first-order valence-electron chi connectivity index (χ1n) is 16.2. The number of benzene rings is 2. The van der Waals surface area contributed by atoms with Crippen molar-refractivity contribution in [3.8, 4) is 5.69 Å². The number of likely N-dealkylation sites (tertiary alicyclic amines) is 1. The van der Waals surface area contributed by atoms with Crippen LogP contribution in [0.3, 0.4) is 0 Å². The highest BCUT2D eigenvalue weighted by Crippen LogP contribution is 2.41. The van der Waals surface area contributed by atoms with Crippen LogP contribution in [0.5, 0.6) is 0 Å². The van der Waals surface area contributed by atoms with Crippen LogP contribution in [0.4, 0.5) is 5.69 Å². The fourth-order valence-corrected chi connectivity index (χ4v) is 7.33. The molecule has 2 aromatic carbocycles. The summed E-state index contributed by atoms with van der Waals surface area (Å²) in [6.07, 6.45) is 2.99. The Kier molecular flexibility index (Phi) is 9.06. The number of carbonyl (C=O) groups excluding carboxylic acids is 2. The van der Waals surface area contributed by atoms with E-state index in [2.05, 4.69) is 10.2 Å². The number of nitrogens with one attached hydrogen (secondary N) is 1. The maximum atomic E-state index is 14.1. The fraction of sp³-hybridized carbons (Fsp3) is 0.457. The van der Waals surface area contributed by atoms with Gasteiger partial charge in [0, 0.05) is 62.1 Å². The van der Waals surface area contributed by atoms with E-state index in [1.807, 2.05) is 86.2 Å². The minimum Gasteiger partial charge on any atom is -0.459 e. The average molecular weight is 630 g/mol. The third-order valence-electron chi connectivity index (χ3n) is 9.84. The smallest absolute Gasteiger partial charge is 0.288 e. The first kappa shape index (κ1) is 31.6. The Morgan fingerprint density at radius 2 is 1.70 bits per heavy atom. The lowest BCUT2D eigenvalue weighted by molar-refractivity contribution is -0.171. The molecule has 2 saturated heterocycles. The maximum absolute atomic E-state index is 14.1. The van der Waals surface area contributed by atoms with E-state index < -0.39 is 17.7 Å². The van der Waals surface area contributed by atoms with Gasteiger partial charge in [-0.05, 0) is 69.9 Å². The molecule has 6 rings (SSSR count). The number of aromatic nitrogens is 2. The summed E-state index contributed by atoms with van der Waals surface area (Å²) in [5.74, 6) is -0.942. The minimum atomic E-state index is -0.778. The average Bonchev–Trinajstić information content (AvgIpc) is 3.51. The molecule has 3 aliphatic heterocycles. The Morgan fingerprint density at radius 3 is 2.33 bits per heavy atom. The molecule has 2 amide bonds.